The number of rotatable bonds is 4. The van der Waals surface area contributed by atoms with Gasteiger partial charge in [-0.05, 0) is 37.6 Å². The van der Waals surface area contributed by atoms with E-state index in [0.29, 0.717) is 0 Å². The topological polar surface area (TPSA) is 32.3 Å². The molecule has 2 unspecified atom stereocenters. The van der Waals surface area contributed by atoms with E-state index >= 15 is 0 Å². The van der Waals surface area contributed by atoms with Crippen LogP contribution in [0.4, 0.5) is 0 Å². The van der Waals surface area contributed by atoms with E-state index in [1.807, 2.05) is 43.1 Å². The fourth-order valence-corrected chi connectivity index (χ4v) is 2.86. The van der Waals surface area contributed by atoms with Crippen molar-refractivity contribution in [2.24, 2.45) is 5.92 Å². The summed E-state index contributed by atoms with van der Waals surface area (Å²) >= 11 is 5.92. The zero-order valence-electron chi connectivity index (χ0n) is 11.5. The lowest BCUT2D eigenvalue weighted by Crippen LogP contribution is -2.38. The minimum Gasteiger partial charge on any atom is -0.335 e. The predicted octanol–water partition coefficient (Wildman–Crippen LogP) is 2.86. The van der Waals surface area contributed by atoms with E-state index in [0.717, 1.165) is 31.0 Å². The second-order valence-electron chi connectivity index (χ2n) is 5.20. The molecule has 1 aliphatic heterocycles. The van der Waals surface area contributed by atoms with Crippen molar-refractivity contribution in [2.75, 3.05) is 20.1 Å². The van der Waals surface area contributed by atoms with Gasteiger partial charge in [0, 0.05) is 24.0 Å². The van der Waals surface area contributed by atoms with Crippen molar-refractivity contribution in [3.05, 3.63) is 34.9 Å². The minimum absolute atomic E-state index is 0.0258. The molecular formula is C15H21ClN2O. The number of carbonyl (C=O) groups excluding carboxylic acids is 1. The van der Waals surface area contributed by atoms with E-state index in [1.54, 1.807) is 0 Å². The molecule has 1 heterocycles. The molecule has 1 aromatic carbocycles. The summed E-state index contributed by atoms with van der Waals surface area (Å²) in [5.74, 6) is 0.268. The number of carbonyl (C=O) groups is 1. The van der Waals surface area contributed by atoms with Crippen LogP contribution in [-0.2, 0) is 4.79 Å². The first-order valence-electron chi connectivity index (χ1n) is 6.84. The highest BCUT2D eigenvalue weighted by Crippen LogP contribution is 2.33. The van der Waals surface area contributed by atoms with Gasteiger partial charge in [-0.25, -0.2) is 0 Å². The SMILES string of the molecule is CNCC(C)C(=O)N1CCCC1c1ccc(Cl)cc1. The quantitative estimate of drug-likeness (QED) is 0.920. The first kappa shape index (κ1) is 14.4. The minimum atomic E-state index is 0.0258. The molecule has 0 saturated carbocycles. The molecule has 1 N–H and O–H groups in total. The molecule has 2 rings (SSSR count). The zero-order valence-corrected chi connectivity index (χ0v) is 12.3. The lowest BCUT2D eigenvalue weighted by Gasteiger charge is -2.28. The Morgan fingerprint density at radius 3 is 2.79 bits per heavy atom. The van der Waals surface area contributed by atoms with Crippen molar-refractivity contribution < 1.29 is 4.79 Å². The monoisotopic (exact) mass is 280 g/mol. The van der Waals surface area contributed by atoms with Crippen LogP contribution in [0, 0.1) is 5.92 Å². The molecular weight excluding hydrogens is 260 g/mol. The van der Waals surface area contributed by atoms with Gasteiger partial charge in [0.1, 0.15) is 0 Å². The number of hydrogen-bond acceptors (Lipinski definition) is 2. The zero-order chi connectivity index (χ0) is 13.8. The maximum Gasteiger partial charge on any atom is 0.227 e. The smallest absolute Gasteiger partial charge is 0.227 e. The molecule has 104 valence electrons. The first-order valence-corrected chi connectivity index (χ1v) is 7.22. The Labute approximate surface area is 119 Å². The maximum absolute atomic E-state index is 12.4. The van der Waals surface area contributed by atoms with Gasteiger partial charge < -0.3 is 10.2 Å². The number of benzene rings is 1. The van der Waals surface area contributed by atoms with Crippen molar-refractivity contribution in [3.8, 4) is 0 Å². The van der Waals surface area contributed by atoms with Crippen LogP contribution in [0.5, 0.6) is 0 Å². The number of nitrogens with one attached hydrogen (secondary N) is 1. The highest BCUT2D eigenvalue weighted by molar-refractivity contribution is 6.30. The fraction of sp³-hybridized carbons (Fsp3) is 0.533. The standard InChI is InChI=1S/C15H21ClN2O/c1-11(10-17-2)15(19)18-9-3-4-14(18)12-5-7-13(16)8-6-12/h5-8,11,14,17H,3-4,9-10H2,1-2H3. The van der Waals surface area contributed by atoms with E-state index in [9.17, 15) is 4.79 Å². The van der Waals surface area contributed by atoms with Gasteiger partial charge in [0.25, 0.3) is 0 Å². The highest BCUT2D eigenvalue weighted by atomic mass is 35.5. The third kappa shape index (κ3) is 3.28. The average Bonchev–Trinajstić information content (AvgIpc) is 2.88. The molecule has 0 aromatic heterocycles. The van der Waals surface area contributed by atoms with Crippen molar-refractivity contribution in [3.63, 3.8) is 0 Å². The summed E-state index contributed by atoms with van der Waals surface area (Å²) in [7, 11) is 1.88. The van der Waals surface area contributed by atoms with Crippen molar-refractivity contribution in [1.29, 1.82) is 0 Å². The largest absolute Gasteiger partial charge is 0.335 e. The second-order valence-corrected chi connectivity index (χ2v) is 5.64. The molecule has 0 spiro atoms. The Morgan fingerprint density at radius 2 is 2.16 bits per heavy atom. The van der Waals surface area contributed by atoms with E-state index < -0.39 is 0 Å². The van der Waals surface area contributed by atoms with Gasteiger partial charge in [-0.2, -0.15) is 0 Å². The van der Waals surface area contributed by atoms with E-state index in [1.165, 1.54) is 5.56 Å². The molecule has 0 bridgehead atoms. The Hall–Kier alpha value is -1.06. The Kier molecular flexibility index (Phi) is 4.83. The fourth-order valence-electron chi connectivity index (χ4n) is 2.74. The van der Waals surface area contributed by atoms with E-state index in [2.05, 4.69) is 5.32 Å². The number of nitrogens with zero attached hydrogens (tertiary/aromatic N) is 1. The van der Waals surface area contributed by atoms with Crippen LogP contribution in [0.2, 0.25) is 5.02 Å². The molecule has 19 heavy (non-hydrogen) atoms. The van der Waals surface area contributed by atoms with Gasteiger partial charge in [-0.3, -0.25) is 4.79 Å². The molecule has 1 saturated heterocycles. The molecule has 1 aliphatic rings. The summed E-state index contributed by atoms with van der Waals surface area (Å²) in [5, 5.41) is 3.81. The van der Waals surface area contributed by atoms with Crippen LogP contribution in [0.25, 0.3) is 0 Å². The normalized spacial score (nSPS) is 20.6. The highest BCUT2D eigenvalue weighted by Gasteiger charge is 2.31. The molecule has 1 amide bonds. The molecule has 1 fully saturated rings. The van der Waals surface area contributed by atoms with Crippen LogP contribution in [0.3, 0.4) is 0 Å². The van der Waals surface area contributed by atoms with Crippen molar-refractivity contribution in [1.82, 2.24) is 10.2 Å². The summed E-state index contributed by atoms with van der Waals surface area (Å²) in [6, 6.07) is 8.07. The predicted molar refractivity (Wildman–Crippen MR) is 78.2 cm³/mol. The Balaban J connectivity index is 2.12. The van der Waals surface area contributed by atoms with Crippen LogP contribution < -0.4 is 5.32 Å². The van der Waals surface area contributed by atoms with Gasteiger partial charge >= 0.3 is 0 Å². The van der Waals surface area contributed by atoms with E-state index in [-0.39, 0.29) is 17.9 Å². The van der Waals surface area contributed by atoms with Gasteiger partial charge in [0.2, 0.25) is 5.91 Å². The number of likely N-dealkylation sites (tertiary alicyclic amines) is 1. The van der Waals surface area contributed by atoms with Crippen molar-refractivity contribution >= 4 is 17.5 Å². The second kappa shape index (κ2) is 6.40. The van der Waals surface area contributed by atoms with Crippen LogP contribution in [0.1, 0.15) is 31.4 Å². The lowest BCUT2D eigenvalue weighted by atomic mass is 10.0. The number of hydrogen-bond donors (Lipinski definition) is 1. The van der Waals surface area contributed by atoms with Crippen LogP contribution in [-0.4, -0.2) is 30.9 Å². The molecule has 1 aromatic rings. The van der Waals surface area contributed by atoms with Crippen LogP contribution >= 0.6 is 11.6 Å². The van der Waals surface area contributed by atoms with Gasteiger partial charge in [0.15, 0.2) is 0 Å². The average molecular weight is 281 g/mol. The molecule has 0 radical (unpaired) electrons. The Morgan fingerprint density at radius 1 is 1.47 bits per heavy atom. The summed E-state index contributed by atoms with van der Waals surface area (Å²) in [6.45, 7) is 3.57. The van der Waals surface area contributed by atoms with Gasteiger partial charge in [0.05, 0.1) is 6.04 Å². The first-order chi connectivity index (χ1) is 9.13. The van der Waals surface area contributed by atoms with E-state index in [4.69, 9.17) is 11.6 Å². The third-order valence-corrected chi connectivity index (χ3v) is 3.97. The summed E-state index contributed by atoms with van der Waals surface area (Å²) in [6.07, 6.45) is 2.12. The van der Waals surface area contributed by atoms with Gasteiger partial charge in [-0.15, -0.1) is 0 Å². The number of amides is 1. The molecule has 4 heteroatoms. The van der Waals surface area contributed by atoms with Crippen LogP contribution in [0.15, 0.2) is 24.3 Å². The summed E-state index contributed by atoms with van der Waals surface area (Å²) in [5.41, 5.74) is 1.19. The lowest BCUT2D eigenvalue weighted by molar-refractivity contribution is -0.135. The summed E-state index contributed by atoms with van der Waals surface area (Å²) < 4.78 is 0. The molecule has 2 atom stereocenters. The van der Waals surface area contributed by atoms with Gasteiger partial charge in [-0.1, -0.05) is 30.7 Å². The summed E-state index contributed by atoms with van der Waals surface area (Å²) in [4.78, 5) is 14.5. The molecule has 0 aliphatic carbocycles. The van der Waals surface area contributed by atoms with Crippen molar-refractivity contribution in [2.45, 2.75) is 25.8 Å². The number of halogens is 1. The third-order valence-electron chi connectivity index (χ3n) is 3.72. The molecule has 3 nitrogen and oxygen atoms in total. The Bertz CT molecular complexity index is 432. The maximum atomic E-state index is 12.4.